The van der Waals surface area contributed by atoms with Crippen LogP contribution < -0.4 is 10.6 Å². The van der Waals surface area contributed by atoms with E-state index in [1.165, 1.54) is 55.0 Å². The highest BCUT2D eigenvalue weighted by molar-refractivity contribution is 5.97. The molecule has 12 heteroatoms. The van der Waals surface area contributed by atoms with Crippen LogP contribution in [0.5, 0.6) is 0 Å². The summed E-state index contributed by atoms with van der Waals surface area (Å²) < 4.78 is 24.4. The fraction of sp³-hybridized carbons (Fsp3) is 0.475. The number of nitrogens with one attached hydrogen (secondary N) is 2. The molecule has 52 heavy (non-hydrogen) atoms. The van der Waals surface area contributed by atoms with Crippen LogP contribution in [0.1, 0.15) is 65.0 Å². The lowest BCUT2D eigenvalue weighted by atomic mass is 9.96. The zero-order chi connectivity index (χ0) is 37.8. The molecule has 1 saturated carbocycles. The standard InChI is InChI=1S/C40H49FN4O7/c1-39(2,3)52-38(50)43-40(4,5)37(49)42-31(22-25-14-17-30(41)18-15-25)34(46)44-19-20-45(35(47)32(44)23-26-11-12-26)33(36(48)51-6)24-27-13-16-28-9-7-8-10-29(28)21-27/h7-10,13-18,21,26,31-33H,11-12,19-20,22-24H2,1-6H3,(H,42,49)(H,43,50)/t31-,32+,33+/m1/s1. The van der Waals surface area contributed by atoms with Crippen molar-refractivity contribution in [2.75, 3.05) is 20.2 Å². The number of amides is 4. The van der Waals surface area contributed by atoms with Gasteiger partial charge >= 0.3 is 12.1 Å². The van der Waals surface area contributed by atoms with Gasteiger partial charge in [-0.1, -0.05) is 67.4 Å². The fourth-order valence-electron chi connectivity index (χ4n) is 6.53. The van der Waals surface area contributed by atoms with Gasteiger partial charge in [-0.25, -0.2) is 14.0 Å². The zero-order valence-corrected chi connectivity index (χ0v) is 30.7. The quantitative estimate of drug-likeness (QED) is 0.254. The number of alkyl carbamates (subject to hydrolysis) is 1. The van der Waals surface area contributed by atoms with Crippen molar-refractivity contribution in [1.82, 2.24) is 20.4 Å². The van der Waals surface area contributed by atoms with Gasteiger partial charge in [0.25, 0.3) is 0 Å². The predicted molar refractivity (Wildman–Crippen MR) is 193 cm³/mol. The molecule has 1 aliphatic carbocycles. The van der Waals surface area contributed by atoms with Crippen molar-refractivity contribution in [2.24, 2.45) is 5.92 Å². The van der Waals surface area contributed by atoms with E-state index in [9.17, 15) is 28.4 Å². The van der Waals surface area contributed by atoms with Gasteiger partial charge in [0.1, 0.15) is 35.1 Å². The van der Waals surface area contributed by atoms with E-state index in [2.05, 4.69) is 10.6 Å². The Morgan fingerprint density at radius 1 is 0.885 bits per heavy atom. The zero-order valence-electron chi connectivity index (χ0n) is 30.7. The number of ether oxygens (including phenoxy) is 2. The number of hydrogen-bond acceptors (Lipinski definition) is 7. The van der Waals surface area contributed by atoms with Gasteiger partial charge in [-0.2, -0.15) is 0 Å². The summed E-state index contributed by atoms with van der Waals surface area (Å²) in [5.74, 6) is -2.26. The van der Waals surface area contributed by atoms with Crippen molar-refractivity contribution >= 4 is 40.6 Å². The number of nitrogens with zero attached hydrogens (tertiary/aromatic N) is 2. The number of piperazine rings is 1. The Hall–Kier alpha value is -5.00. The minimum absolute atomic E-state index is 0.00464. The van der Waals surface area contributed by atoms with Crippen LogP contribution in [0.15, 0.2) is 66.7 Å². The second kappa shape index (κ2) is 15.7. The van der Waals surface area contributed by atoms with E-state index in [4.69, 9.17) is 9.47 Å². The van der Waals surface area contributed by atoms with Gasteiger partial charge in [0.2, 0.25) is 17.7 Å². The molecule has 1 saturated heterocycles. The second-order valence-corrected chi connectivity index (χ2v) is 15.3. The fourth-order valence-corrected chi connectivity index (χ4v) is 6.53. The van der Waals surface area contributed by atoms with E-state index in [-0.39, 0.29) is 37.8 Å². The number of fused-ring (bicyclic) bond motifs is 1. The number of hydrogen-bond donors (Lipinski definition) is 2. The third-order valence-electron chi connectivity index (χ3n) is 9.49. The Balaban J connectivity index is 1.40. The molecule has 0 aromatic heterocycles. The van der Waals surface area contributed by atoms with Crippen LogP contribution in [0, 0.1) is 11.7 Å². The third kappa shape index (κ3) is 9.65. The molecule has 3 atom stereocenters. The maximum Gasteiger partial charge on any atom is 0.408 e. The molecule has 0 unspecified atom stereocenters. The number of halogens is 1. The Labute approximate surface area is 304 Å². The van der Waals surface area contributed by atoms with Crippen molar-refractivity contribution in [3.8, 4) is 0 Å². The summed E-state index contributed by atoms with van der Waals surface area (Å²) in [5, 5.41) is 7.44. The topological polar surface area (TPSA) is 134 Å². The van der Waals surface area contributed by atoms with Gasteiger partial charge in [-0.05, 0) is 81.0 Å². The first-order chi connectivity index (χ1) is 24.5. The van der Waals surface area contributed by atoms with Crippen LogP contribution in [0.4, 0.5) is 9.18 Å². The number of methoxy groups -OCH3 is 1. The van der Waals surface area contributed by atoms with Crippen LogP contribution in [0.25, 0.3) is 10.8 Å². The molecule has 2 fully saturated rings. The molecule has 2 N–H and O–H groups in total. The predicted octanol–water partition coefficient (Wildman–Crippen LogP) is 4.93. The summed E-state index contributed by atoms with van der Waals surface area (Å²) in [7, 11) is 1.30. The number of benzene rings is 3. The highest BCUT2D eigenvalue weighted by Gasteiger charge is 2.46. The van der Waals surface area contributed by atoms with Gasteiger partial charge in [-0.3, -0.25) is 14.4 Å². The average molecular weight is 717 g/mol. The van der Waals surface area contributed by atoms with Crippen LogP contribution in [0.2, 0.25) is 0 Å². The van der Waals surface area contributed by atoms with Crippen molar-refractivity contribution in [3.05, 3.63) is 83.7 Å². The molecule has 4 amide bonds. The molecule has 2 aliphatic rings. The number of rotatable bonds is 12. The van der Waals surface area contributed by atoms with E-state index >= 15 is 0 Å². The van der Waals surface area contributed by atoms with E-state index in [1.54, 1.807) is 20.8 Å². The molecule has 0 bridgehead atoms. The summed E-state index contributed by atoms with van der Waals surface area (Å²) >= 11 is 0. The van der Waals surface area contributed by atoms with Crippen LogP contribution in [-0.4, -0.2) is 89.0 Å². The lowest BCUT2D eigenvalue weighted by Crippen LogP contribution is -2.66. The minimum atomic E-state index is -1.48. The summed E-state index contributed by atoms with van der Waals surface area (Å²) in [6.45, 7) is 8.27. The number of carbonyl (C=O) groups is 5. The SMILES string of the molecule is COC(=O)[C@H](Cc1ccc2ccccc2c1)N1CCN(C(=O)[C@@H](Cc2ccc(F)cc2)NC(=O)C(C)(C)NC(=O)OC(C)(C)C)[C@@H](CC2CC2)C1=O. The lowest BCUT2D eigenvalue weighted by Gasteiger charge is -2.44. The summed E-state index contributed by atoms with van der Waals surface area (Å²) in [4.78, 5) is 71.6. The molecule has 3 aromatic carbocycles. The minimum Gasteiger partial charge on any atom is -0.467 e. The van der Waals surface area contributed by atoms with Crippen LogP contribution >= 0.6 is 0 Å². The lowest BCUT2D eigenvalue weighted by molar-refractivity contribution is -0.162. The van der Waals surface area contributed by atoms with E-state index < -0.39 is 59.0 Å². The molecule has 1 heterocycles. The smallest absolute Gasteiger partial charge is 0.408 e. The first kappa shape index (κ1) is 38.2. The molecule has 0 spiro atoms. The third-order valence-corrected chi connectivity index (χ3v) is 9.49. The Kier molecular flexibility index (Phi) is 11.6. The Morgan fingerprint density at radius 2 is 1.54 bits per heavy atom. The van der Waals surface area contributed by atoms with Gasteiger partial charge < -0.3 is 29.9 Å². The molecule has 3 aromatic rings. The number of carbonyl (C=O) groups excluding carboxylic acids is 5. The summed E-state index contributed by atoms with van der Waals surface area (Å²) in [5.41, 5.74) is -0.834. The van der Waals surface area contributed by atoms with Crippen molar-refractivity contribution in [1.29, 1.82) is 0 Å². The van der Waals surface area contributed by atoms with Crippen molar-refractivity contribution in [2.45, 2.75) is 96.0 Å². The maximum absolute atomic E-state index is 14.5. The molecular weight excluding hydrogens is 667 g/mol. The summed E-state index contributed by atoms with van der Waals surface area (Å²) in [6.07, 6.45) is 1.69. The van der Waals surface area contributed by atoms with Crippen molar-refractivity contribution < 1.29 is 37.8 Å². The largest absolute Gasteiger partial charge is 0.467 e. The first-order valence-electron chi connectivity index (χ1n) is 17.8. The summed E-state index contributed by atoms with van der Waals surface area (Å²) in [6, 6.07) is 16.5. The highest BCUT2D eigenvalue weighted by Crippen LogP contribution is 2.36. The molecule has 278 valence electrons. The van der Waals surface area contributed by atoms with Crippen molar-refractivity contribution in [3.63, 3.8) is 0 Å². The Morgan fingerprint density at radius 3 is 2.17 bits per heavy atom. The van der Waals surface area contributed by atoms with Gasteiger partial charge in [0.05, 0.1) is 7.11 Å². The average Bonchev–Trinajstić information content (AvgIpc) is 3.91. The normalized spacial score (nSPS) is 17.7. The second-order valence-electron chi connectivity index (χ2n) is 15.3. The van der Waals surface area contributed by atoms with E-state index in [0.29, 0.717) is 12.0 Å². The van der Waals surface area contributed by atoms with E-state index in [0.717, 1.165) is 29.2 Å². The van der Waals surface area contributed by atoms with Gasteiger partial charge in [0.15, 0.2) is 0 Å². The Bertz CT molecular complexity index is 1800. The van der Waals surface area contributed by atoms with Gasteiger partial charge in [-0.15, -0.1) is 0 Å². The van der Waals surface area contributed by atoms with Crippen LogP contribution in [0.3, 0.4) is 0 Å². The molecule has 0 radical (unpaired) electrons. The number of esters is 1. The first-order valence-corrected chi connectivity index (χ1v) is 17.8. The molecule has 11 nitrogen and oxygen atoms in total. The molecule has 1 aliphatic heterocycles. The molecule has 5 rings (SSSR count). The highest BCUT2D eigenvalue weighted by atomic mass is 19.1. The monoisotopic (exact) mass is 716 g/mol. The van der Waals surface area contributed by atoms with Gasteiger partial charge in [0, 0.05) is 25.9 Å². The maximum atomic E-state index is 14.5. The molecular formula is C40H49FN4O7. The van der Waals surface area contributed by atoms with Crippen LogP contribution in [-0.2, 0) is 41.5 Å². The van der Waals surface area contributed by atoms with E-state index in [1.807, 2.05) is 42.5 Å².